The second-order valence-corrected chi connectivity index (χ2v) is 5.45. The van der Waals surface area contributed by atoms with E-state index < -0.39 is 17.4 Å². The fourth-order valence-corrected chi connectivity index (χ4v) is 2.27. The van der Waals surface area contributed by atoms with Gasteiger partial charge in [-0.25, -0.2) is 4.79 Å². The lowest BCUT2D eigenvalue weighted by molar-refractivity contribution is -0.123. The zero-order valence-electron chi connectivity index (χ0n) is 14.4. The second-order valence-electron chi connectivity index (χ2n) is 5.45. The van der Waals surface area contributed by atoms with Crippen LogP contribution in [0.15, 0.2) is 63.8 Å². The summed E-state index contributed by atoms with van der Waals surface area (Å²) in [4.78, 5) is 35.8. The lowest BCUT2D eigenvalue weighted by Crippen LogP contribution is -2.45. The third-order valence-electron chi connectivity index (χ3n) is 3.63. The van der Waals surface area contributed by atoms with E-state index in [4.69, 9.17) is 13.9 Å². The minimum atomic E-state index is -0.796. The van der Waals surface area contributed by atoms with Gasteiger partial charge in [-0.2, -0.15) is 0 Å². The van der Waals surface area contributed by atoms with Crippen molar-refractivity contribution < 1.29 is 23.5 Å². The Morgan fingerprint density at radius 1 is 1.00 bits per heavy atom. The average Bonchev–Trinajstić information content (AvgIpc) is 2.70. The number of benzene rings is 2. The van der Waals surface area contributed by atoms with Gasteiger partial charge in [0.2, 0.25) is 0 Å². The molecule has 2 amide bonds. The van der Waals surface area contributed by atoms with Gasteiger partial charge >= 0.3 is 5.63 Å². The Kier molecular flexibility index (Phi) is 5.36. The van der Waals surface area contributed by atoms with E-state index in [0.29, 0.717) is 22.5 Å². The molecule has 0 aliphatic carbocycles. The van der Waals surface area contributed by atoms with E-state index in [2.05, 4.69) is 10.9 Å². The van der Waals surface area contributed by atoms with Gasteiger partial charge in [-0.3, -0.25) is 20.4 Å². The summed E-state index contributed by atoms with van der Waals surface area (Å²) in [5.74, 6) is -0.252. The average molecular weight is 368 g/mol. The Labute approximate surface area is 153 Å². The molecule has 8 heteroatoms. The molecular weight excluding hydrogens is 352 g/mol. The lowest BCUT2D eigenvalue weighted by atomic mass is 10.2. The topological polar surface area (TPSA) is 107 Å². The normalized spacial score (nSPS) is 10.3. The van der Waals surface area contributed by atoms with E-state index in [1.54, 1.807) is 55.6 Å². The van der Waals surface area contributed by atoms with Crippen molar-refractivity contribution in [1.29, 1.82) is 0 Å². The maximum Gasteiger partial charge on any atom is 0.349 e. The number of fused-ring (bicyclic) bond motifs is 1. The largest absolute Gasteiger partial charge is 0.497 e. The van der Waals surface area contributed by atoms with E-state index in [0.717, 1.165) is 0 Å². The van der Waals surface area contributed by atoms with Crippen LogP contribution in [0.3, 0.4) is 0 Å². The molecule has 0 fully saturated rings. The highest BCUT2D eigenvalue weighted by molar-refractivity contribution is 5.97. The number of methoxy groups -OCH3 is 1. The Morgan fingerprint density at radius 2 is 1.70 bits per heavy atom. The Balaban J connectivity index is 1.56. The van der Waals surface area contributed by atoms with Crippen molar-refractivity contribution in [2.24, 2.45) is 0 Å². The quantitative estimate of drug-likeness (QED) is 0.524. The molecule has 0 unspecified atom stereocenters. The Bertz CT molecular complexity index is 1030. The second kappa shape index (κ2) is 8.05. The van der Waals surface area contributed by atoms with Gasteiger partial charge in [0, 0.05) is 5.39 Å². The summed E-state index contributed by atoms with van der Waals surface area (Å²) in [6.45, 7) is -0.320. The molecule has 0 radical (unpaired) electrons. The molecule has 3 aromatic rings. The fraction of sp³-hybridized carbons (Fsp3) is 0.105. The molecule has 3 rings (SSSR count). The van der Waals surface area contributed by atoms with Gasteiger partial charge in [-0.1, -0.05) is 18.2 Å². The van der Waals surface area contributed by atoms with Crippen LogP contribution in [0.25, 0.3) is 11.0 Å². The molecule has 0 aliphatic heterocycles. The third kappa shape index (κ3) is 4.43. The van der Waals surface area contributed by atoms with E-state index in [1.165, 1.54) is 6.07 Å². The van der Waals surface area contributed by atoms with Gasteiger partial charge in [-0.05, 0) is 36.4 Å². The third-order valence-corrected chi connectivity index (χ3v) is 3.63. The lowest BCUT2D eigenvalue weighted by Gasteiger charge is -2.09. The maximum absolute atomic E-state index is 12.1. The molecule has 2 N–H and O–H groups in total. The highest BCUT2D eigenvalue weighted by Crippen LogP contribution is 2.16. The van der Waals surface area contributed by atoms with Gasteiger partial charge < -0.3 is 13.9 Å². The number of rotatable bonds is 5. The minimum Gasteiger partial charge on any atom is -0.497 e. The van der Waals surface area contributed by atoms with Crippen molar-refractivity contribution in [2.45, 2.75) is 0 Å². The van der Waals surface area contributed by atoms with Crippen LogP contribution >= 0.6 is 0 Å². The SMILES string of the molecule is COc1ccc(OCC(=O)NNC(=O)c2cc3ccccc3oc2=O)cc1. The number of carbonyl (C=O) groups excluding carboxylic acids is 2. The number of carbonyl (C=O) groups is 2. The monoisotopic (exact) mass is 368 g/mol. The summed E-state index contributed by atoms with van der Waals surface area (Å²) in [5.41, 5.74) is 3.70. The molecule has 0 bridgehead atoms. The molecule has 0 aliphatic rings. The Morgan fingerprint density at radius 3 is 2.44 bits per heavy atom. The summed E-state index contributed by atoms with van der Waals surface area (Å²) >= 11 is 0. The first kappa shape index (κ1) is 18.0. The smallest absolute Gasteiger partial charge is 0.349 e. The molecule has 0 saturated heterocycles. The molecule has 8 nitrogen and oxygen atoms in total. The van der Waals surface area contributed by atoms with E-state index in [1.807, 2.05) is 0 Å². The van der Waals surface area contributed by atoms with Crippen LogP contribution in [0.2, 0.25) is 0 Å². The van der Waals surface area contributed by atoms with Crippen LogP contribution in [-0.4, -0.2) is 25.5 Å². The minimum absolute atomic E-state index is 0.218. The van der Waals surface area contributed by atoms with Gasteiger partial charge in [0.25, 0.3) is 11.8 Å². The first-order chi connectivity index (χ1) is 13.1. The predicted molar refractivity (Wildman–Crippen MR) is 96.6 cm³/mol. The van der Waals surface area contributed by atoms with Crippen LogP contribution in [0.1, 0.15) is 10.4 Å². The number of ether oxygens (including phenoxy) is 2. The summed E-state index contributed by atoms with van der Waals surface area (Å²) in [5, 5.41) is 0.594. The number of para-hydroxylation sites is 1. The van der Waals surface area contributed by atoms with Gasteiger partial charge in [0.05, 0.1) is 7.11 Å². The summed E-state index contributed by atoms with van der Waals surface area (Å²) in [7, 11) is 1.54. The van der Waals surface area contributed by atoms with Crippen LogP contribution in [-0.2, 0) is 4.79 Å². The molecule has 27 heavy (non-hydrogen) atoms. The summed E-state index contributed by atoms with van der Waals surface area (Å²) in [6, 6.07) is 14.9. The number of hydrogen-bond acceptors (Lipinski definition) is 6. The molecule has 2 aromatic carbocycles. The van der Waals surface area contributed by atoms with Crippen LogP contribution in [0.5, 0.6) is 11.5 Å². The van der Waals surface area contributed by atoms with E-state index >= 15 is 0 Å². The first-order valence-electron chi connectivity index (χ1n) is 7.96. The van der Waals surface area contributed by atoms with Gasteiger partial charge in [-0.15, -0.1) is 0 Å². The Hall–Kier alpha value is -3.81. The van der Waals surface area contributed by atoms with Crippen molar-refractivity contribution in [3.8, 4) is 11.5 Å². The number of nitrogens with one attached hydrogen (secondary N) is 2. The molecule has 0 atom stereocenters. The predicted octanol–water partition coefficient (Wildman–Crippen LogP) is 1.64. The van der Waals surface area contributed by atoms with Gasteiger partial charge in [0.15, 0.2) is 6.61 Å². The zero-order valence-corrected chi connectivity index (χ0v) is 14.4. The van der Waals surface area contributed by atoms with Crippen LogP contribution < -0.4 is 26.0 Å². The molecule has 0 spiro atoms. The van der Waals surface area contributed by atoms with Crippen LogP contribution in [0, 0.1) is 0 Å². The van der Waals surface area contributed by atoms with Crippen molar-refractivity contribution in [3.63, 3.8) is 0 Å². The first-order valence-corrected chi connectivity index (χ1v) is 7.96. The number of hydrazine groups is 1. The van der Waals surface area contributed by atoms with Crippen molar-refractivity contribution >= 4 is 22.8 Å². The standard InChI is InChI=1S/C19H16N2O6/c1-25-13-6-8-14(9-7-13)26-11-17(22)20-21-18(23)15-10-12-4-2-3-5-16(12)27-19(15)24/h2-10H,11H2,1H3,(H,20,22)(H,21,23). The van der Waals surface area contributed by atoms with E-state index in [9.17, 15) is 14.4 Å². The highest BCUT2D eigenvalue weighted by atomic mass is 16.5. The van der Waals surface area contributed by atoms with Gasteiger partial charge in [0.1, 0.15) is 22.6 Å². The molecule has 1 aromatic heterocycles. The van der Waals surface area contributed by atoms with Crippen LogP contribution in [0.4, 0.5) is 0 Å². The molecule has 1 heterocycles. The summed E-state index contributed by atoms with van der Waals surface area (Å²) < 4.78 is 15.4. The molecule has 0 saturated carbocycles. The maximum atomic E-state index is 12.1. The van der Waals surface area contributed by atoms with Crippen molar-refractivity contribution in [2.75, 3.05) is 13.7 Å². The molecule has 138 valence electrons. The number of amides is 2. The highest BCUT2D eigenvalue weighted by Gasteiger charge is 2.14. The number of hydrogen-bond donors (Lipinski definition) is 2. The fourth-order valence-electron chi connectivity index (χ4n) is 2.27. The zero-order chi connectivity index (χ0) is 19.2. The van der Waals surface area contributed by atoms with Crippen molar-refractivity contribution in [3.05, 3.63) is 70.6 Å². The molecular formula is C19H16N2O6. The van der Waals surface area contributed by atoms with E-state index in [-0.39, 0.29) is 12.2 Å². The summed E-state index contributed by atoms with van der Waals surface area (Å²) in [6.07, 6.45) is 0. The van der Waals surface area contributed by atoms with Crippen molar-refractivity contribution in [1.82, 2.24) is 10.9 Å².